The number of carbonyl (C=O) groups is 1. The third-order valence-corrected chi connectivity index (χ3v) is 3.10. The highest BCUT2D eigenvalue weighted by atomic mass is 16.2. The van der Waals surface area contributed by atoms with E-state index in [0.717, 1.165) is 12.0 Å². The van der Waals surface area contributed by atoms with Gasteiger partial charge in [-0.3, -0.25) is 15.5 Å². The summed E-state index contributed by atoms with van der Waals surface area (Å²) in [5.74, 6) is 0.601. The lowest BCUT2D eigenvalue weighted by atomic mass is 10.0. The molecule has 1 atom stereocenters. The van der Waals surface area contributed by atoms with E-state index in [1.807, 2.05) is 35.2 Å². The Morgan fingerprint density at radius 2 is 2.00 bits per heavy atom. The van der Waals surface area contributed by atoms with E-state index in [4.69, 9.17) is 5.41 Å². The average Bonchev–Trinajstić information content (AvgIpc) is 2.57. The molecule has 2 N–H and O–H groups in total. The molecule has 0 aliphatic carbocycles. The van der Waals surface area contributed by atoms with Gasteiger partial charge in [-0.2, -0.15) is 0 Å². The molecule has 18 heavy (non-hydrogen) atoms. The largest absolute Gasteiger partial charge is 0.326 e. The van der Waals surface area contributed by atoms with Crippen molar-refractivity contribution < 1.29 is 4.79 Å². The first-order valence-electron chi connectivity index (χ1n) is 6.28. The first-order valence-corrected chi connectivity index (χ1v) is 6.28. The van der Waals surface area contributed by atoms with Gasteiger partial charge in [-0.15, -0.1) is 0 Å². The maximum absolute atomic E-state index is 11.8. The summed E-state index contributed by atoms with van der Waals surface area (Å²) in [5.41, 5.74) is 1.12. The number of amides is 1. The molecule has 96 valence electrons. The van der Waals surface area contributed by atoms with E-state index >= 15 is 0 Å². The molecule has 0 spiro atoms. The highest BCUT2D eigenvalue weighted by Gasteiger charge is 2.35. The number of carbonyl (C=O) groups excluding carboxylic acids is 1. The van der Waals surface area contributed by atoms with Gasteiger partial charge in [0.25, 0.3) is 0 Å². The van der Waals surface area contributed by atoms with Crippen molar-refractivity contribution in [2.24, 2.45) is 5.92 Å². The van der Waals surface area contributed by atoms with Crippen molar-refractivity contribution >= 4 is 11.9 Å². The molecule has 1 unspecified atom stereocenters. The highest BCUT2D eigenvalue weighted by Crippen LogP contribution is 2.19. The molecule has 1 heterocycles. The van der Waals surface area contributed by atoms with Crippen LogP contribution in [0.1, 0.15) is 25.8 Å². The predicted molar refractivity (Wildman–Crippen MR) is 71.1 cm³/mol. The quantitative estimate of drug-likeness (QED) is 0.852. The molecule has 1 aliphatic rings. The minimum atomic E-state index is -0.210. The Morgan fingerprint density at radius 3 is 2.61 bits per heavy atom. The summed E-state index contributed by atoms with van der Waals surface area (Å²) in [7, 11) is 0. The van der Waals surface area contributed by atoms with Crippen LogP contribution in [0, 0.1) is 11.3 Å². The molecule has 1 fully saturated rings. The fourth-order valence-corrected chi connectivity index (χ4v) is 2.22. The number of nitrogens with one attached hydrogen (secondary N) is 2. The second kappa shape index (κ2) is 5.21. The van der Waals surface area contributed by atoms with Gasteiger partial charge in [0.2, 0.25) is 5.91 Å². The fraction of sp³-hybridized carbons (Fsp3) is 0.429. The van der Waals surface area contributed by atoms with Crippen LogP contribution in [-0.2, 0) is 11.3 Å². The molecule has 1 aromatic carbocycles. The maximum atomic E-state index is 11.8. The molecular weight excluding hydrogens is 226 g/mol. The van der Waals surface area contributed by atoms with Crippen LogP contribution >= 0.6 is 0 Å². The van der Waals surface area contributed by atoms with Crippen LogP contribution in [0.15, 0.2) is 30.3 Å². The smallest absolute Gasteiger partial charge is 0.249 e. The Kier molecular flexibility index (Phi) is 3.65. The summed E-state index contributed by atoms with van der Waals surface area (Å²) >= 11 is 0. The number of hydrogen-bond acceptors (Lipinski definition) is 2. The standard InChI is InChI=1S/C14H19N3O/c1-10(2)8-12-13(18)16-14(15)17(12)9-11-6-4-3-5-7-11/h3-7,10,12H,8-9H2,1-2H3,(H2,15,16,18). The Balaban J connectivity index is 2.13. The Morgan fingerprint density at radius 1 is 1.33 bits per heavy atom. The summed E-state index contributed by atoms with van der Waals surface area (Å²) in [5, 5.41) is 10.5. The lowest BCUT2D eigenvalue weighted by molar-refractivity contribution is -0.121. The molecule has 4 nitrogen and oxygen atoms in total. The topological polar surface area (TPSA) is 56.2 Å². The van der Waals surface area contributed by atoms with Crippen LogP contribution in [0.25, 0.3) is 0 Å². The average molecular weight is 245 g/mol. The van der Waals surface area contributed by atoms with Crippen LogP contribution in [0.3, 0.4) is 0 Å². The van der Waals surface area contributed by atoms with Crippen molar-refractivity contribution in [3.8, 4) is 0 Å². The molecule has 1 aliphatic heterocycles. The molecule has 1 aromatic rings. The SMILES string of the molecule is CC(C)CC1C(=O)NC(=N)N1Cc1ccccc1. The van der Waals surface area contributed by atoms with E-state index < -0.39 is 0 Å². The van der Waals surface area contributed by atoms with E-state index in [-0.39, 0.29) is 17.9 Å². The maximum Gasteiger partial charge on any atom is 0.249 e. The third-order valence-electron chi connectivity index (χ3n) is 3.10. The minimum Gasteiger partial charge on any atom is -0.326 e. The van der Waals surface area contributed by atoms with Gasteiger partial charge >= 0.3 is 0 Å². The Hall–Kier alpha value is -1.84. The predicted octanol–water partition coefficient (Wildman–Crippen LogP) is 1.97. The molecule has 1 amide bonds. The number of rotatable bonds is 4. The van der Waals surface area contributed by atoms with Gasteiger partial charge in [0.1, 0.15) is 6.04 Å². The normalized spacial score (nSPS) is 19.5. The first kappa shape index (κ1) is 12.6. The van der Waals surface area contributed by atoms with Gasteiger partial charge in [-0.05, 0) is 17.9 Å². The van der Waals surface area contributed by atoms with E-state index in [2.05, 4.69) is 19.2 Å². The van der Waals surface area contributed by atoms with Crippen LogP contribution in [0.4, 0.5) is 0 Å². The second-order valence-electron chi connectivity index (χ2n) is 5.10. The van der Waals surface area contributed by atoms with Crippen molar-refractivity contribution in [2.75, 3.05) is 0 Å². The van der Waals surface area contributed by atoms with E-state index in [1.54, 1.807) is 0 Å². The van der Waals surface area contributed by atoms with Gasteiger partial charge in [0.05, 0.1) is 0 Å². The van der Waals surface area contributed by atoms with E-state index in [1.165, 1.54) is 0 Å². The molecule has 2 rings (SSSR count). The summed E-state index contributed by atoms with van der Waals surface area (Å²) in [4.78, 5) is 13.7. The summed E-state index contributed by atoms with van der Waals surface area (Å²) < 4.78 is 0. The van der Waals surface area contributed by atoms with Crippen molar-refractivity contribution in [1.82, 2.24) is 10.2 Å². The van der Waals surface area contributed by atoms with Gasteiger partial charge in [0, 0.05) is 6.54 Å². The van der Waals surface area contributed by atoms with Gasteiger partial charge in [-0.1, -0.05) is 44.2 Å². The minimum absolute atomic E-state index is 0.0513. The Bertz CT molecular complexity index is 442. The fourth-order valence-electron chi connectivity index (χ4n) is 2.22. The van der Waals surface area contributed by atoms with Gasteiger partial charge in [-0.25, -0.2) is 0 Å². The molecule has 1 saturated heterocycles. The van der Waals surface area contributed by atoms with Crippen LogP contribution in [-0.4, -0.2) is 22.8 Å². The first-order chi connectivity index (χ1) is 8.58. The zero-order chi connectivity index (χ0) is 13.1. The third kappa shape index (κ3) is 2.70. The molecule has 0 bridgehead atoms. The zero-order valence-electron chi connectivity index (χ0n) is 10.8. The molecule has 4 heteroatoms. The van der Waals surface area contributed by atoms with Crippen molar-refractivity contribution in [3.05, 3.63) is 35.9 Å². The number of nitrogens with zero attached hydrogens (tertiary/aromatic N) is 1. The second-order valence-corrected chi connectivity index (χ2v) is 5.10. The lowest BCUT2D eigenvalue weighted by Crippen LogP contribution is -2.35. The van der Waals surface area contributed by atoms with Crippen molar-refractivity contribution in [3.63, 3.8) is 0 Å². The summed E-state index contributed by atoms with van der Waals surface area (Å²) in [6.45, 7) is 4.79. The summed E-state index contributed by atoms with van der Waals surface area (Å²) in [6.07, 6.45) is 0.779. The molecule has 0 saturated carbocycles. The molecule has 0 radical (unpaired) electrons. The lowest BCUT2D eigenvalue weighted by Gasteiger charge is -2.24. The van der Waals surface area contributed by atoms with Crippen LogP contribution in [0.2, 0.25) is 0 Å². The Labute approximate surface area is 108 Å². The number of benzene rings is 1. The van der Waals surface area contributed by atoms with Crippen molar-refractivity contribution in [1.29, 1.82) is 5.41 Å². The highest BCUT2D eigenvalue weighted by molar-refractivity contribution is 6.05. The molecule has 0 aromatic heterocycles. The monoisotopic (exact) mass is 245 g/mol. The van der Waals surface area contributed by atoms with Gasteiger partial charge in [0.15, 0.2) is 5.96 Å². The van der Waals surface area contributed by atoms with Crippen LogP contribution in [0.5, 0.6) is 0 Å². The van der Waals surface area contributed by atoms with E-state index in [0.29, 0.717) is 12.5 Å². The number of guanidine groups is 1. The summed E-state index contributed by atoms with van der Waals surface area (Å²) in [6, 6.07) is 9.74. The number of hydrogen-bond donors (Lipinski definition) is 2. The van der Waals surface area contributed by atoms with Crippen LogP contribution < -0.4 is 5.32 Å². The van der Waals surface area contributed by atoms with Gasteiger partial charge < -0.3 is 4.90 Å². The van der Waals surface area contributed by atoms with Crippen molar-refractivity contribution in [2.45, 2.75) is 32.9 Å². The zero-order valence-corrected chi connectivity index (χ0v) is 10.8. The van der Waals surface area contributed by atoms with E-state index in [9.17, 15) is 4.79 Å². The molecular formula is C14H19N3O.